The van der Waals surface area contributed by atoms with Gasteiger partial charge in [-0.15, -0.1) is 0 Å². The highest BCUT2D eigenvalue weighted by Crippen LogP contribution is 2.10. The van der Waals surface area contributed by atoms with E-state index in [4.69, 9.17) is 4.74 Å². The highest BCUT2D eigenvalue weighted by molar-refractivity contribution is 5.53. The van der Waals surface area contributed by atoms with Gasteiger partial charge in [0.2, 0.25) is 0 Å². The van der Waals surface area contributed by atoms with Gasteiger partial charge in [0.05, 0.1) is 13.2 Å². The molecule has 1 aliphatic rings. The first-order chi connectivity index (χ1) is 6.84. The monoisotopic (exact) mass is 186 g/mol. The molecule has 0 N–H and O–H groups in total. The van der Waals surface area contributed by atoms with Gasteiger partial charge in [-0.1, -0.05) is 48.1 Å². The number of aryl methyl sites for hydroxylation is 1. The van der Waals surface area contributed by atoms with Crippen molar-refractivity contribution < 1.29 is 4.74 Å². The highest BCUT2D eigenvalue weighted by atomic mass is 16.5. The molecule has 0 aromatic heterocycles. The largest absolute Gasteiger partial charge is 0.373 e. The highest BCUT2D eigenvalue weighted by Gasteiger charge is 1.99. The third-order valence-corrected chi connectivity index (χ3v) is 2.30. The second kappa shape index (κ2) is 4.25. The Morgan fingerprint density at radius 1 is 1.14 bits per heavy atom. The van der Waals surface area contributed by atoms with Crippen molar-refractivity contribution in [1.82, 2.24) is 0 Å². The Kier molecular flexibility index (Phi) is 2.80. The summed E-state index contributed by atoms with van der Waals surface area (Å²) in [5.74, 6) is 0. The van der Waals surface area contributed by atoms with Gasteiger partial charge in [-0.3, -0.25) is 0 Å². The lowest BCUT2D eigenvalue weighted by molar-refractivity contribution is 0.210. The van der Waals surface area contributed by atoms with Crippen LogP contribution < -0.4 is 0 Å². The molecule has 1 heterocycles. The Bertz CT molecular complexity index is 357. The lowest BCUT2D eigenvalue weighted by atomic mass is 10.1. The Labute approximate surface area is 84.7 Å². The maximum Gasteiger partial charge on any atom is 0.0718 e. The zero-order valence-corrected chi connectivity index (χ0v) is 8.36. The van der Waals surface area contributed by atoms with E-state index in [0.717, 1.165) is 13.2 Å². The number of hydrogen-bond acceptors (Lipinski definition) is 1. The number of rotatable bonds is 2. The number of hydrogen-bond donors (Lipinski definition) is 0. The fraction of sp³-hybridized carbons (Fsp3) is 0.231. The van der Waals surface area contributed by atoms with Crippen LogP contribution in [0, 0.1) is 6.92 Å². The molecule has 0 amide bonds. The van der Waals surface area contributed by atoms with E-state index in [1.807, 2.05) is 0 Å². The van der Waals surface area contributed by atoms with Gasteiger partial charge in [-0.05, 0) is 18.1 Å². The van der Waals surface area contributed by atoms with Crippen LogP contribution in [0.4, 0.5) is 0 Å². The molecule has 0 spiro atoms. The van der Waals surface area contributed by atoms with Crippen molar-refractivity contribution in [1.29, 1.82) is 0 Å². The first-order valence-electron chi connectivity index (χ1n) is 4.86. The summed E-state index contributed by atoms with van der Waals surface area (Å²) in [5.41, 5.74) is 3.81. The molecular formula is C13H14O. The molecule has 0 saturated heterocycles. The minimum atomic E-state index is 0.752. The standard InChI is InChI=1S/C13H14O/c1-11-2-4-12(5-3-11)6-7-13-8-9-14-10-13/h2-8H,9-10H2,1H3/b7-6+. The van der Waals surface area contributed by atoms with Crippen molar-refractivity contribution in [3.8, 4) is 0 Å². The minimum Gasteiger partial charge on any atom is -0.373 e. The first kappa shape index (κ1) is 9.22. The second-order valence-corrected chi connectivity index (χ2v) is 3.54. The molecule has 0 atom stereocenters. The van der Waals surface area contributed by atoms with E-state index in [1.165, 1.54) is 16.7 Å². The normalized spacial score (nSPS) is 16.2. The average Bonchev–Trinajstić information content (AvgIpc) is 2.70. The summed E-state index contributed by atoms with van der Waals surface area (Å²) < 4.78 is 5.22. The average molecular weight is 186 g/mol. The molecule has 2 rings (SSSR count). The van der Waals surface area contributed by atoms with Crippen LogP contribution in [0.3, 0.4) is 0 Å². The third kappa shape index (κ3) is 2.33. The van der Waals surface area contributed by atoms with Crippen LogP contribution in [-0.4, -0.2) is 13.2 Å². The zero-order valence-electron chi connectivity index (χ0n) is 8.36. The van der Waals surface area contributed by atoms with Gasteiger partial charge in [0.1, 0.15) is 0 Å². The SMILES string of the molecule is Cc1ccc(/C=C/C2=CCOC2)cc1. The van der Waals surface area contributed by atoms with Crippen LogP contribution >= 0.6 is 0 Å². The van der Waals surface area contributed by atoms with Gasteiger partial charge >= 0.3 is 0 Å². The van der Waals surface area contributed by atoms with E-state index in [9.17, 15) is 0 Å². The Hall–Kier alpha value is -1.34. The second-order valence-electron chi connectivity index (χ2n) is 3.54. The Morgan fingerprint density at radius 3 is 2.57 bits per heavy atom. The van der Waals surface area contributed by atoms with Crippen molar-refractivity contribution >= 4 is 6.08 Å². The molecule has 0 unspecified atom stereocenters. The summed E-state index contributed by atoms with van der Waals surface area (Å²) in [6.07, 6.45) is 6.36. The van der Waals surface area contributed by atoms with Gasteiger partial charge in [0.25, 0.3) is 0 Å². The van der Waals surface area contributed by atoms with Crippen molar-refractivity contribution in [2.45, 2.75) is 6.92 Å². The lowest BCUT2D eigenvalue weighted by Gasteiger charge is -1.95. The van der Waals surface area contributed by atoms with Crippen molar-refractivity contribution in [2.75, 3.05) is 13.2 Å². The molecule has 0 aliphatic carbocycles. The Balaban J connectivity index is 2.06. The van der Waals surface area contributed by atoms with Gasteiger partial charge in [0, 0.05) is 0 Å². The third-order valence-electron chi connectivity index (χ3n) is 2.30. The van der Waals surface area contributed by atoms with Crippen molar-refractivity contribution in [3.63, 3.8) is 0 Å². The molecule has 1 heteroatoms. The molecule has 0 saturated carbocycles. The van der Waals surface area contributed by atoms with Crippen LogP contribution in [-0.2, 0) is 4.74 Å². The topological polar surface area (TPSA) is 9.23 Å². The predicted molar refractivity (Wildman–Crippen MR) is 59.1 cm³/mol. The molecule has 0 radical (unpaired) electrons. The van der Waals surface area contributed by atoms with Crippen LogP contribution in [0.5, 0.6) is 0 Å². The quantitative estimate of drug-likeness (QED) is 0.690. The summed E-state index contributed by atoms with van der Waals surface area (Å²) in [5, 5.41) is 0. The molecule has 14 heavy (non-hydrogen) atoms. The van der Waals surface area contributed by atoms with E-state index in [2.05, 4.69) is 49.4 Å². The van der Waals surface area contributed by atoms with Gasteiger partial charge in [-0.25, -0.2) is 0 Å². The summed E-state index contributed by atoms with van der Waals surface area (Å²) in [4.78, 5) is 0. The summed E-state index contributed by atoms with van der Waals surface area (Å²) in [6, 6.07) is 8.50. The lowest BCUT2D eigenvalue weighted by Crippen LogP contribution is -1.83. The van der Waals surface area contributed by atoms with E-state index < -0.39 is 0 Å². The fourth-order valence-corrected chi connectivity index (χ4v) is 1.40. The van der Waals surface area contributed by atoms with Crippen LogP contribution in [0.25, 0.3) is 6.08 Å². The van der Waals surface area contributed by atoms with Crippen LogP contribution in [0.2, 0.25) is 0 Å². The zero-order chi connectivity index (χ0) is 9.80. The summed E-state index contributed by atoms with van der Waals surface area (Å²) in [6.45, 7) is 3.61. The van der Waals surface area contributed by atoms with Crippen molar-refractivity contribution in [3.05, 3.63) is 53.1 Å². The molecule has 1 aromatic carbocycles. The van der Waals surface area contributed by atoms with Crippen LogP contribution in [0.15, 0.2) is 42.0 Å². The number of ether oxygens (including phenoxy) is 1. The smallest absolute Gasteiger partial charge is 0.0718 e. The summed E-state index contributed by atoms with van der Waals surface area (Å²) >= 11 is 0. The number of benzene rings is 1. The fourth-order valence-electron chi connectivity index (χ4n) is 1.40. The van der Waals surface area contributed by atoms with Gasteiger partial charge < -0.3 is 4.74 Å². The Morgan fingerprint density at radius 2 is 1.93 bits per heavy atom. The van der Waals surface area contributed by atoms with Gasteiger partial charge in [0.15, 0.2) is 0 Å². The van der Waals surface area contributed by atoms with E-state index in [-0.39, 0.29) is 0 Å². The summed E-state index contributed by atoms with van der Waals surface area (Å²) in [7, 11) is 0. The molecule has 1 aromatic rings. The van der Waals surface area contributed by atoms with E-state index >= 15 is 0 Å². The maximum absolute atomic E-state index is 5.22. The molecule has 72 valence electrons. The van der Waals surface area contributed by atoms with E-state index in [1.54, 1.807) is 0 Å². The van der Waals surface area contributed by atoms with Crippen molar-refractivity contribution in [2.24, 2.45) is 0 Å². The van der Waals surface area contributed by atoms with Crippen LogP contribution in [0.1, 0.15) is 11.1 Å². The van der Waals surface area contributed by atoms with Gasteiger partial charge in [-0.2, -0.15) is 0 Å². The molecular weight excluding hydrogens is 172 g/mol. The predicted octanol–water partition coefficient (Wildman–Crippen LogP) is 2.96. The maximum atomic E-state index is 5.22. The molecule has 0 bridgehead atoms. The first-order valence-corrected chi connectivity index (χ1v) is 4.86. The van der Waals surface area contributed by atoms with E-state index in [0.29, 0.717) is 0 Å². The molecule has 1 nitrogen and oxygen atoms in total. The molecule has 0 fully saturated rings. The minimum absolute atomic E-state index is 0.752. The molecule has 1 aliphatic heterocycles.